The summed E-state index contributed by atoms with van der Waals surface area (Å²) in [4.78, 5) is 36.9. The molecule has 0 spiro atoms. The second-order valence-corrected chi connectivity index (χ2v) is 25.5. The normalized spacial score (nSPS) is 32.8. The van der Waals surface area contributed by atoms with Crippen LogP contribution in [0.3, 0.4) is 0 Å². The fourth-order valence-corrected chi connectivity index (χ4v) is 13.3. The standard InChI is InChI=1S/C73H83N9O25/c1-92-69-51(78-81-75)59(95-37-43-24-12-4-13-25-43)57(49(34-85)99-69)103-72-54(87)60(96-38-44-26-14-5-15-27-44)62(64(106-72)67(88)89)104-70-50(77-80-74)53(86)55(47(32-83)100-70)102-73-66(98-40-46-30-18-7-19-31-46)61(97-39-45-28-16-6-17-29-45)63(65(107-73)68(90)91)105-71-52(79-82-76)58(94-36-42-22-10-3-11-23-42)56(48(33-84)101-71)93-35-41-20-8-2-9-21-41/h2-31,47-66,69-73,83-87H,32-40H2,1H3,(H,88,89)(H,90,91)/t47?,48?,49?,50?,51?,52?,53-,54?,55+,56+,57+,58-,59-,60+,61+,62-,63-,64?,65?,66?,69-,70+,71+,72-,73-/m1/s1. The lowest BCUT2D eigenvalue weighted by atomic mass is 9.93. The summed E-state index contributed by atoms with van der Waals surface area (Å²) in [5.74, 6) is -3.44. The van der Waals surface area contributed by atoms with Gasteiger partial charge in [-0.05, 0) is 50.0 Å². The van der Waals surface area contributed by atoms with E-state index in [4.69, 9.17) is 75.8 Å². The fraction of sp³-hybridized carbons (Fsp3) is 0.479. The van der Waals surface area contributed by atoms with E-state index in [1.165, 1.54) is 7.11 Å². The highest BCUT2D eigenvalue weighted by atomic mass is 16.8. The Bertz CT molecular complexity index is 3870. The SMILES string of the molecule is CO[C@@H]1OC(CO)[C@H](O[C@@H]2OC(C(=O)O)[C@H](O[C@@H]3OC(CO)[C@H](O[C@@H]4OC(C(=O)O)[C@H](O[C@@H]5OC(CO)[C@H](OCc6ccccc6)[C@H](OCc6ccccc6)C5N=[N+]=[N-])[C@H](OCc5ccccc5)C4OCc4ccccc4)[C@H](O)C3N=[N+]=[N-])[C@@H](OCc3ccccc3)C2O)[C@H](OCc2ccccc2)C1N=[N+]=[N-]. The molecule has 0 saturated carbocycles. The number of methoxy groups -OCH3 is 1. The topological polar surface area (TPSA) is 470 Å². The minimum absolute atomic E-state index is 0.0138. The van der Waals surface area contributed by atoms with Crippen molar-refractivity contribution in [3.05, 3.63) is 247 Å². The number of hydrogen-bond acceptors (Lipinski definition) is 26. The van der Waals surface area contributed by atoms with Crippen molar-refractivity contribution in [3.63, 3.8) is 0 Å². The number of hydrogen-bond donors (Lipinski definition) is 7. The van der Waals surface area contributed by atoms with Crippen LogP contribution in [-0.2, 0) is 125 Å². The predicted molar refractivity (Wildman–Crippen MR) is 367 cm³/mol. The first-order valence-electron chi connectivity index (χ1n) is 34.4. The zero-order chi connectivity index (χ0) is 75.2. The molecule has 5 aliphatic heterocycles. The number of ether oxygens (including phenoxy) is 16. The Morgan fingerprint density at radius 1 is 0.346 bits per heavy atom. The molecule has 107 heavy (non-hydrogen) atoms. The number of aliphatic hydroxyl groups is 5. The van der Waals surface area contributed by atoms with Crippen LogP contribution in [0.25, 0.3) is 31.3 Å². The van der Waals surface area contributed by atoms with Crippen molar-refractivity contribution in [3.8, 4) is 0 Å². The third-order valence-electron chi connectivity index (χ3n) is 18.6. The average Bonchev–Trinajstić information content (AvgIpc) is 0.765. The van der Waals surface area contributed by atoms with E-state index in [1.54, 1.807) is 146 Å². The summed E-state index contributed by atoms with van der Waals surface area (Å²) >= 11 is 0. The molecule has 0 amide bonds. The number of azide groups is 3. The average molecular weight is 1490 g/mol. The molecule has 0 aliphatic carbocycles. The Balaban J connectivity index is 0.913. The van der Waals surface area contributed by atoms with Gasteiger partial charge in [-0.25, -0.2) is 9.59 Å². The second-order valence-electron chi connectivity index (χ2n) is 25.5. The van der Waals surface area contributed by atoms with Gasteiger partial charge in [0.15, 0.2) is 43.7 Å². The molecular weight excluding hydrogens is 1400 g/mol. The van der Waals surface area contributed by atoms with Gasteiger partial charge in [-0.3, -0.25) is 0 Å². The molecule has 5 fully saturated rings. The van der Waals surface area contributed by atoms with E-state index in [0.29, 0.717) is 27.8 Å². The molecule has 11 rings (SSSR count). The van der Waals surface area contributed by atoms with E-state index >= 15 is 0 Å². The number of carboxylic acid groups (broad SMARTS) is 2. The van der Waals surface area contributed by atoms with Crippen molar-refractivity contribution in [2.24, 2.45) is 15.3 Å². The molecule has 7 N–H and O–H groups in total. The number of benzene rings is 6. The van der Waals surface area contributed by atoms with Crippen LogP contribution in [-0.4, -0.2) is 228 Å². The number of carbonyl (C=O) groups is 2. The van der Waals surface area contributed by atoms with Crippen molar-refractivity contribution < 1.29 is 121 Å². The minimum atomic E-state index is -2.23. The number of aliphatic hydroxyl groups excluding tert-OH is 5. The summed E-state index contributed by atoms with van der Waals surface area (Å²) in [7, 11) is 1.27. The third kappa shape index (κ3) is 20.0. The lowest BCUT2D eigenvalue weighted by molar-refractivity contribution is -0.382. The van der Waals surface area contributed by atoms with Gasteiger partial charge >= 0.3 is 11.9 Å². The van der Waals surface area contributed by atoms with Crippen molar-refractivity contribution in [1.82, 2.24) is 0 Å². The van der Waals surface area contributed by atoms with E-state index in [9.17, 15) is 61.9 Å². The predicted octanol–water partition coefficient (Wildman–Crippen LogP) is 6.22. The van der Waals surface area contributed by atoms with E-state index in [2.05, 4.69) is 30.1 Å². The fourth-order valence-electron chi connectivity index (χ4n) is 13.3. The maximum absolute atomic E-state index is 14.1. The quantitative estimate of drug-likeness (QED) is 0.0132. The Labute approximate surface area is 612 Å². The first-order valence-corrected chi connectivity index (χ1v) is 34.4. The highest BCUT2D eigenvalue weighted by Crippen LogP contribution is 2.41. The summed E-state index contributed by atoms with van der Waals surface area (Å²) in [5, 5.41) is 93.1. The van der Waals surface area contributed by atoms with Gasteiger partial charge in [-0.15, -0.1) is 0 Å². The molecule has 570 valence electrons. The first kappa shape index (κ1) is 79.4. The molecule has 0 aromatic heterocycles. The van der Waals surface area contributed by atoms with Gasteiger partial charge < -0.3 is 112 Å². The largest absolute Gasteiger partial charge is 0.479 e. The Kier molecular flexibility index (Phi) is 29.3. The summed E-state index contributed by atoms with van der Waals surface area (Å²) in [6, 6.07) is 47.9. The van der Waals surface area contributed by atoms with Crippen molar-refractivity contribution in [2.75, 3.05) is 26.9 Å². The van der Waals surface area contributed by atoms with Crippen molar-refractivity contribution >= 4 is 11.9 Å². The monoisotopic (exact) mass is 1490 g/mol. The third-order valence-corrected chi connectivity index (χ3v) is 18.6. The lowest BCUT2D eigenvalue weighted by Gasteiger charge is -2.51. The number of carboxylic acids is 2. The molecule has 5 saturated heterocycles. The minimum Gasteiger partial charge on any atom is -0.479 e. The summed E-state index contributed by atoms with van der Waals surface area (Å²) in [5.41, 5.74) is 34.1. The van der Waals surface area contributed by atoms with Gasteiger partial charge in [0.2, 0.25) is 0 Å². The van der Waals surface area contributed by atoms with Gasteiger partial charge in [0.1, 0.15) is 104 Å². The van der Waals surface area contributed by atoms with Crippen LogP contribution in [0.1, 0.15) is 33.4 Å². The molecule has 0 radical (unpaired) electrons. The van der Waals surface area contributed by atoms with Crippen LogP contribution in [0.4, 0.5) is 0 Å². The number of aliphatic carboxylic acids is 2. The Morgan fingerprint density at radius 3 is 1.05 bits per heavy atom. The maximum atomic E-state index is 14.1. The molecule has 34 heteroatoms. The van der Waals surface area contributed by atoms with Crippen LogP contribution < -0.4 is 0 Å². The van der Waals surface area contributed by atoms with Crippen molar-refractivity contribution in [1.29, 1.82) is 0 Å². The van der Waals surface area contributed by atoms with Gasteiger partial charge in [0.05, 0.1) is 65.6 Å². The van der Waals surface area contributed by atoms with Gasteiger partial charge in [0, 0.05) is 21.8 Å². The zero-order valence-electron chi connectivity index (χ0n) is 57.6. The molecule has 34 nitrogen and oxygen atoms in total. The highest BCUT2D eigenvalue weighted by Gasteiger charge is 2.60. The van der Waals surface area contributed by atoms with Crippen LogP contribution in [0.2, 0.25) is 0 Å². The van der Waals surface area contributed by atoms with Crippen molar-refractivity contribution in [2.45, 2.75) is 193 Å². The highest BCUT2D eigenvalue weighted by molar-refractivity contribution is 5.74. The first-order chi connectivity index (χ1) is 52.3. The summed E-state index contributed by atoms with van der Waals surface area (Å²) < 4.78 is 102. The number of nitrogens with zero attached hydrogens (tertiary/aromatic N) is 9. The van der Waals surface area contributed by atoms with Gasteiger partial charge in [-0.2, -0.15) is 0 Å². The molecular formula is C73H83N9O25. The maximum Gasteiger partial charge on any atom is 0.335 e. The smallest absolute Gasteiger partial charge is 0.335 e. The Morgan fingerprint density at radius 2 is 0.645 bits per heavy atom. The van der Waals surface area contributed by atoms with Gasteiger partial charge in [-0.1, -0.05) is 197 Å². The lowest BCUT2D eigenvalue weighted by Crippen LogP contribution is -2.69. The van der Waals surface area contributed by atoms with Crippen LogP contribution in [0.5, 0.6) is 0 Å². The zero-order valence-corrected chi connectivity index (χ0v) is 57.6. The molecule has 5 heterocycles. The second kappa shape index (κ2) is 39.5. The van der Waals surface area contributed by atoms with Crippen LogP contribution in [0.15, 0.2) is 197 Å². The molecule has 6 aromatic rings. The molecule has 5 aliphatic rings. The number of rotatable bonds is 35. The van der Waals surface area contributed by atoms with Gasteiger partial charge in [0.25, 0.3) is 0 Å². The Hall–Kier alpha value is -8.65. The van der Waals surface area contributed by atoms with E-state index in [-0.39, 0.29) is 39.6 Å². The molecule has 25 atom stereocenters. The van der Waals surface area contributed by atoms with E-state index in [1.807, 2.05) is 36.4 Å². The summed E-state index contributed by atoms with van der Waals surface area (Å²) in [6.45, 7) is -3.62. The van der Waals surface area contributed by atoms with Crippen LogP contribution >= 0.6 is 0 Å². The molecule has 10 unspecified atom stereocenters. The van der Waals surface area contributed by atoms with E-state index < -0.39 is 185 Å². The summed E-state index contributed by atoms with van der Waals surface area (Å²) in [6.07, 6.45) is -38.5. The van der Waals surface area contributed by atoms with E-state index in [0.717, 1.165) is 5.56 Å². The van der Waals surface area contributed by atoms with Crippen LogP contribution in [0, 0.1) is 0 Å². The molecule has 0 bridgehead atoms. The molecule has 6 aromatic carbocycles.